The molecule has 4 nitrogen and oxygen atoms in total. The van der Waals surface area contributed by atoms with E-state index in [1.807, 2.05) is 6.07 Å². The van der Waals surface area contributed by atoms with Gasteiger partial charge < -0.3 is 0 Å². The van der Waals surface area contributed by atoms with Crippen molar-refractivity contribution in [3.63, 3.8) is 0 Å². The van der Waals surface area contributed by atoms with Gasteiger partial charge in [0.15, 0.2) is 0 Å². The monoisotopic (exact) mass is 338 g/mol. The number of rotatable bonds is 3. The summed E-state index contributed by atoms with van der Waals surface area (Å²) in [5.74, 6) is -1.58. The number of nitrogens with zero attached hydrogens (tertiary/aromatic N) is 2. The van der Waals surface area contributed by atoms with Crippen molar-refractivity contribution in [2.75, 3.05) is 0 Å². The van der Waals surface area contributed by atoms with Gasteiger partial charge in [0.05, 0.1) is 21.9 Å². The first-order valence-electron chi connectivity index (χ1n) is 7.74. The first kappa shape index (κ1) is 15.4. The average molecular weight is 338 g/mol. The molecule has 0 saturated carbocycles. The maximum Gasteiger partial charge on any atom is 0.278 e. The summed E-state index contributed by atoms with van der Waals surface area (Å²) in [6.07, 6.45) is 3.36. The van der Waals surface area contributed by atoms with Crippen molar-refractivity contribution >= 4 is 17.0 Å². The van der Waals surface area contributed by atoms with Crippen LogP contribution in [0.25, 0.3) is 5.57 Å². The van der Waals surface area contributed by atoms with Crippen LogP contribution in [0.2, 0.25) is 0 Å². The van der Waals surface area contributed by atoms with E-state index in [4.69, 9.17) is 0 Å². The second-order valence-corrected chi connectivity index (χ2v) is 5.94. The highest BCUT2D eigenvalue weighted by Crippen LogP contribution is 2.42. The second-order valence-electron chi connectivity index (χ2n) is 5.94. The molecule has 0 aromatic heterocycles. The highest BCUT2D eigenvalue weighted by atomic mass is 19.1. The fourth-order valence-electron chi connectivity index (χ4n) is 3.27. The Balaban J connectivity index is 1.77. The smallest absolute Gasteiger partial charge is 0.258 e. The SMILES string of the molecule is O=[N+]([O-])C1=C2C(=Nc3ccccc32)C(Cc2ccc(F)cc2F)C=C1. The molecule has 2 aliphatic rings. The van der Waals surface area contributed by atoms with E-state index in [-0.39, 0.29) is 18.0 Å². The summed E-state index contributed by atoms with van der Waals surface area (Å²) in [4.78, 5) is 15.5. The first-order chi connectivity index (χ1) is 12.0. The third kappa shape index (κ3) is 2.55. The zero-order valence-electron chi connectivity index (χ0n) is 12.9. The van der Waals surface area contributed by atoms with Gasteiger partial charge in [-0.05, 0) is 24.1 Å². The van der Waals surface area contributed by atoms with Gasteiger partial charge in [0.25, 0.3) is 5.70 Å². The van der Waals surface area contributed by atoms with Crippen molar-refractivity contribution in [2.45, 2.75) is 6.42 Å². The molecule has 1 aliphatic heterocycles. The lowest BCUT2D eigenvalue weighted by Crippen LogP contribution is -2.21. The van der Waals surface area contributed by atoms with Gasteiger partial charge in [-0.1, -0.05) is 30.3 Å². The maximum atomic E-state index is 14.0. The molecular formula is C19H12F2N2O2. The number of halogens is 2. The molecule has 124 valence electrons. The minimum absolute atomic E-state index is 0.0143. The van der Waals surface area contributed by atoms with Gasteiger partial charge in [-0.3, -0.25) is 15.1 Å². The molecule has 4 rings (SSSR count). The first-order valence-corrected chi connectivity index (χ1v) is 7.74. The van der Waals surface area contributed by atoms with E-state index in [0.717, 1.165) is 6.07 Å². The zero-order valence-corrected chi connectivity index (χ0v) is 12.9. The molecule has 0 fully saturated rings. The molecule has 0 bridgehead atoms. The van der Waals surface area contributed by atoms with E-state index >= 15 is 0 Å². The maximum absolute atomic E-state index is 14.0. The van der Waals surface area contributed by atoms with Gasteiger partial charge >= 0.3 is 0 Å². The molecule has 6 heteroatoms. The van der Waals surface area contributed by atoms with Crippen LogP contribution >= 0.6 is 0 Å². The van der Waals surface area contributed by atoms with E-state index in [9.17, 15) is 18.9 Å². The van der Waals surface area contributed by atoms with Crippen molar-refractivity contribution in [3.8, 4) is 0 Å². The molecule has 2 aromatic carbocycles. The fourth-order valence-corrected chi connectivity index (χ4v) is 3.27. The predicted molar refractivity (Wildman–Crippen MR) is 90.1 cm³/mol. The van der Waals surface area contributed by atoms with Crippen molar-refractivity contribution < 1.29 is 13.7 Å². The van der Waals surface area contributed by atoms with E-state index in [1.54, 1.807) is 24.3 Å². The molecule has 0 radical (unpaired) electrons. The van der Waals surface area contributed by atoms with Gasteiger partial charge in [0.2, 0.25) is 0 Å². The summed E-state index contributed by atoms with van der Waals surface area (Å²) in [6, 6.07) is 10.6. The predicted octanol–water partition coefficient (Wildman–Crippen LogP) is 4.47. The lowest BCUT2D eigenvalue weighted by molar-refractivity contribution is -0.417. The topological polar surface area (TPSA) is 55.5 Å². The molecular weight excluding hydrogens is 326 g/mol. The van der Waals surface area contributed by atoms with Crippen LogP contribution in [0.5, 0.6) is 0 Å². The lowest BCUT2D eigenvalue weighted by atomic mass is 9.84. The number of allylic oxidation sites excluding steroid dienone is 3. The summed E-state index contributed by atoms with van der Waals surface area (Å²) >= 11 is 0. The van der Waals surface area contributed by atoms with E-state index in [0.29, 0.717) is 28.1 Å². The Morgan fingerprint density at radius 2 is 1.96 bits per heavy atom. The number of benzene rings is 2. The summed E-state index contributed by atoms with van der Waals surface area (Å²) < 4.78 is 27.1. The number of hydrogen-bond donors (Lipinski definition) is 0. The number of nitro groups is 1. The van der Waals surface area contributed by atoms with Crippen LogP contribution in [0.15, 0.2) is 65.3 Å². The molecule has 1 heterocycles. The van der Waals surface area contributed by atoms with Crippen LogP contribution in [-0.2, 0) is 6.42 Å². The molecule has 1 atom stereocenters. The highest BCUT2D eigenvalue weighted by Gasteiger charge is 2.35. The Hall–Kier alpha value is -3.15. The normalized spacial score (nSPS) is 18.0. The third-order valence-corrected chi connectivity index (χ3v) is 4.42. The lowest BCUT2D eigenvalue weighted by Gasteiger charge is -2.18. The van der Waals surface area contributed by atoms with Crippen LogP contribution in [0.3, 0.4) is 0 Å². The summed E-state index contributed by atoms with van der Waals surface area (Å²) in [5.41, 5.74) is 2.74. The Kier molecular flexibility index (Phi) is 3.53. The molecule has 0 N–H and O–H groups in total. The molecule has 1 unspecified atom stereocenters. The van der Waals surface area contributed by atoms with Crippen LogP contribution in [0.1, 0.15) is 11.1 Å². The second kappa shape index (κ2) is 5.73. The molecule has 0 amide bonds. The van der Waals surface area contributed by atoms with Crippen LogP contribution in [0.4, 0.5) is 14.5 Å². The number of aliphatic imine (C=N–C) groups is 1. The number of fused-ring (bicyclic) bond motifs is 3. The van der Waals surface area contributed by atoms with Gasteiger partial charge in [-0.15, -0.1) is 0 Å². The minimum Gasteiger partial charge on any atom is -0.258 e. The van der Waals surface area contributed by atoms with Gasteiger partial charge in [0, 0.05) is 23.6 Å². The quantitative estimate of drug-likeness (QED) is 0.612. The Morgan fingerprint density at radius 3 is 2.72 bits per heavy atom. The van der Waals surface area contributed by atoms with Crippen molar-refractivity contribution in [1.82, 2.24) is 0 Å². The fraction of sp³-hybridized carbons (Fsp3) is 0.105. The Bertz CT molecular complexity index is 993. The number of para-hydroxylation sites is 1. The van der Waals surface area contributed by atoms with Crippen molar-refractivity contribution in [1.29, 1.82) is 0 Å². The van der Waals surface area contributed by atoms with E-state index < -0.39 is 16.6 Å². The third-order valence-electron chi connectivity index (χ3n) is 4.42. The van der Waals surface area contributed by atoms with Crippen LogP contribution in [0, 0.1) is 27.7 Å². The summed E-state index contributed by atoms with van der Waals surface area (Å²) in [7, 11) is 0. The highest BCUT2D eigenvalue weighted by molar-refractivity contribution is 6.31. The van der Waals surface area contributed by atoms with Crippen molar-refractivity contribution in [2.24, 2.45) is 10.9 Å². The zero-order chi connectivity index (χ0) is 17.6. The summed E-state index contributed by atoms with van der Waals surface area (Å²) in [6.45, 7) is 0. The molecule has 0 spiro atoms. The standard InChI is InChI=1S/C19H12F2N2O2/c20-13-7-5-11(15(21)10-13)9-12-6-8-17(23(24)25)18-14-3-1-2-4-16(14)22-19(12)18/h1-8,10,12H,9H2. The largest absolute Gasteiger partial charge is 0.278 e. The van der Waals surface area contributed by atoms with Gasteiger partial charge in [-0.25, -0.2) is 8.78 Å². The number of hydrogen-bond acceptors (Lipinski definition) is 3. The Labute approximate surface area is 142 Å². The molecule has 25 heavy (non-hydrogen) atoms. The van der Waals surface area contributed by atoms with Crippen LogP contribution < -0.4 is 0 Å². The van der Waals surface area contributed by atoms with E-state index in [2.05, 4.69) is 4.99 Å². The Morgan fingerprint density at radius 1 is 1.16 bits per heavy atom. The minimum atomic E-state index is -0.637. The summed E-state index contributed by atoms with van der Waals surface area (Å²) in [5, 5.41) is 11.4. The molecule has 0 saturated heterocycles. The molecule has 2 aromatic rings. The molecule has 1 aliphatic carbocycles. The van der Waals surface area contributed by atoms with Crippen molar-refractivity contribution in [3.05, 3.63) is 93.2 Å². The van der Waals surface area contributed by atoms with Crippen LogP contribution in [-0.4, -0.2) is 10.6 Å². The van der Waals surface area contributed by atoms with Gasteiger partial charge in [-0.2, -0.15) is 0 Å². The van der Waals surface area contributed by atoms with E-state index in [1.165, 1.54) is 18.2 Å². The average Bonchev–Trinajstić information content (AvgIpc) is 2.97. The van der Waals surface area contributed by atoms with Gasteiger partial charge in [0.1, 0.15) is 11.6 Å².